The van der Waals surface area contributed by atoms with Gasteiger partial charge in [0.25, 0.3) is 0 Å². The highest BCUT2D eigenvalue weighted by molar-refractivity contribution is 6.25. The molecule has 7 atom stereocenters. The number of methoxy groups -OCH3 is 2. The van der Waals surface area contributed by atoms with Gasteiger partial charge < -0.3 is 39.2 Å². The fraction of sp³-hybridized carbons (Fsp3) is 0.300. The number of hydrogen-bond donors (Lipinski definition) is 2. The number of urea groups is 1. The minimum absolute atomic E-state index is 0.122. The molecule has 0 bridgehead atoms. The molecule has 0 aliphatic carbocycles. The van der Waals surface area contributed by atoms with Crippen LogP contribution in [-0.4, -0.2) is 120 Å². The van der Waals surface area contributed by atoms with Crippen LogP contribution in [0.25, 0.3) is 0 Å². The quantitative estimate of drug-likeness (QED) is 0.0585. The number of hydrogen-bond acceptors (Lipinski definition) is 15. The van der Waals surface area contributed by atoms with Crippen molar-refractivity contribution in [3.8, 4) is 17.6 Å². The maximum atomic E-state index is 17.0. The van der Waals surface area contributed by atoms with Crippen LogP contribution in [0.4, 0.5) is 16.4 Å². The number of aliphatic hydroxyl groups is 1. The average molecular weight is 1050 g/mol. The normalized spacial score (nSPS) is 21.9. The maximum Gasteiger partial charge on any atom is 0.329 e. The van der Waals surface area contributed by atoms with E-state index in [1.54, 1.807) is 72.7 Å². The topological polar surface area (TPSA) is 210 Å². The van der Waals surface area contributed by atoms with Crippen LogP contribution in [0.15, 0.2) is 152 Å². The number of amides is 4. The van der Waals surface area contributed by atoms with Gasteiger partial charge in [0.05, 0.1) is 50.6 Å². The van der Waals surface area contributed by atoms with Crippen molar-refractivity contribution in [1.82, 2.24) is 25.1 Å². The number of esters is 3. The zero-order valence-electron chi connectivity index (χ0n) is 43.1. The first-order chi connectivity index (χ1) is 38.0. The Bertz CT molecular complexity index is 3250. The van der Waals surface area contributed by atoms with Crippen molar-refractivity contribution in [3.63, 3.8) is 0 Å². The molecule has 3 saturated heterocycles. The van der Waals surface area contributed by atoms with Gasteiger partial charge >= 0.3 is 23.9 Å². The Morgan fingerprint density at radius 2 is 1.41 bits per heavy atom. The third-order valence-corrected chi connectivity index (χ3v) is 15.1. The van der Waals surface area contributed by atoms with Crippen molar-refractivity contribution in [2.75, 3.05) is 63.4 Å². The number of piperazine rings is 1. The molecular formula is C60H57N7O11. The predicted molar refractivity (Wildman–Crippen MR) is 284 cm³/mol. The van der Waals surface area contributed by atoms with Crippen LogP contribution in [0.3, 0.4) is 0 Å². The van der Waals surface area contributed by atoms with E-state index in [0.717, 1.165) is 24.7 Å². The number of imide groups is 1. The van der Waals surface area contributed by atoms with Gasteiger partial charge in [0, 0.05) is 56.1 Å². The number of nitrogens with zero attached hydrogens (tertiary/aromatic N) is 6. The fourth-order valence-electron chi connectivity index (χ4n) is 11.6. The highest BCUT2D eigenvalue weighted by Gasteiger charge is 2.76. The lowest BCUT2D eigenvalue weighted by Crippen LogP contribution is -2.59. The van der Waals surface area contributed by atoms with E-state index in [9.17, 15) is 14.7 Å². The number of benzene rings is 5. The molecule has 78 heavy (non-hydrogen) atoms. The third kappa shape index (κ3) is 9.56. The Labute approximate surface area is 450 Å². The Balaban J connectivity index is 1.25. The molecule has 4 aliphatic rings. The lowest BCUT2D eigenvalue weighted by atomic mass is 9.64. The molecule has 7 unspecified atom stereocenters. The molecule has 0 radical (unpaired) electrons. The number of ether oxygens (including phenoxy) is 4. The van der Waals surface area contributed by atoms with Gasteiger partial charge in [0.15, 0.2) is 5.92 Å². The Hall–Kier alpha value is -8.92. The summed E-state index contributed by atoms with van der Waals surface area (Å²) in [6, 6.07) is 36.4. The van der Waals surface area contributed by atoms with Crippen LogP contribution in [0.5, 0.6) is 5.75 Å². The molecule has 4 aliphatic heterocycles. The molecule has 3 fully saturated rings. The summed E-state index contributed by atoms with van der Waals surface area (Å²) in [6.45, 7) is 2.20. The van der Waals surface area contributed by atoms with Crippen LogP contribution in [0, 0.1) is 23.7 Å². The minimum Gasteiger partial charge on any atom is -0.491 e. The molecule has 4 amide bonds. The standard InChI is InChI=1S/C60H57N7O11/c1-38(40-18-7-4-8-19-40)63-59(74)66-46-28-27-39(17-15-25-44(54(70)75-2)55(71)76-3)37-45(46)60(57(66)73)48(53(69)64-31-33-65(34-32-64)58-61-29-16-30-62-58)50-56(72)78-51(42-22-11-6-12-23-42)49(41-20-9-5-10-21-41)67(50)52(60)43-24-13-14-26-47(43)77-36-35-68/h4-14,16,18-24,26-30,37-38,44,48-52,68H,25,31-36H2,1-3H3,(H,63,74). The summed E-state index contributed by atoms with van der Waals surface area (Å²) in [7, 11) is 2.30. The van der Waals surface area contributed by atoms with Gasteiger partial charge in [0.1, 0.15) is 29.9 Å². The van der Waals surface area contributed by atoms with Gasteiger partial charge in [0.2, 0.25) is 17.8 Å². The van der Waals surface area contributed by atoms with Crippen LogP contribution in [0.1, 0.15) is 71.0 Å². The van der Waals surface area contributed by atoms with Crippen molar-refractivity contribution in [1.29, 1.82) is 0 Å². The highest BCUT2D eigenvalue weighted by atomic mass is 16.6. The zero-order valence-corrected chi connectivity index (χ0v) is 43.1. The summed E-state index contributed by atoms with van der Waals surface area (Å²) in [5, 5.41) is 13.3. The first kappa shape index (κ1) is 52.5. The Morgan fingerprint density at radius 3 is 2.06 bits per heavy atom. The molecule has 2 N–H and O–H groups in total. The summed E-state index contributed by atoms with van der Waals surface area (Å²) in [4.78, 5) is 106. The first-order valence-corrected chi connectivity index (χ1v) is 25.7. The lowest BCUT2D eigenvalue weighted by molar-refractivity contribution is -0.179. The van der Waals surface area contributed by atoms with E-state index in [1.807, 2.05) is 101 Å². The molecule has 1 spiro atoms. The largest absolute Gasteiger partial charge is 0.491 e. The number of fused-ring (bicyclic) bond motifs is 3. The first-order valence-electron chi connectivity index (χ1n) is 25.7. The lowest BCUT2D eigenvalue weighted by Gasteiger charge is -2.46. The number of aromatic nitrogens is 2. The number of carbonyl (C=O) groups is 6. The predicted octanol–water partition coefficient (Wildman–Crippen LogP) is 6.04. The van der Waals surface area contributed by atoms with Crippen molar-refractivity contribution in [2.24, 2.45) is 11.8 Å². The van der Waals surface area contributed by atoms with Crippen molar-refractivity contribution >= 4 is 47.4 Å². The summed E-state index contributed by atoms with van der Waals surface area (Å²) >= 11 is 0. The number of cyclic esters (lactones) is 1. The van der Waals surface area contributed by atoms with E-state index in [-0.39, 0.29) is 55.3 Å². The molecular weight excluding hydrogens is 995 g/mol. The van der Waals surface area contributed by atoms with Gasteiger partial charge in [-0.15, -0.1) is 0 Å². The molecule has 18 nitrogen and oxygen atoms in total. The number of aliphatic hydroxyl groups excluding tert-OH is 1. The summed E-state index contributed by atoms with van der Waals surface area (Å²) in [5.74, 6) is -0.0693. The van der Waals surface area contributed by atoms with Gasteiger partial charge in [-0.1, -0.05) is 121 Å². The monoisotopic (exact) mass is 1050 g/mol. The maximum absolute atomic E-state index is 17.0. The number of carbonyl (C=O) groups excluding carboxylic acids is 6. The number of nitrogens with one attached hydrogen (secondary N) is 1. The fourth-order valence-corrected chi connectivity index (χ4v) is 11.6. The highest BCUT2D eigenvalue weighted by Crippen LogP contribution is 2.67. The Kier molecular flexibility index (Phi) is 15.3. The Morgan fingerprint density at radius 1 is 0.782 bits per heavy atom. The third-order valence-electron chi connectivity index (χ3n) is 15.1. The molecule has 10 rings (SSSR count). The molecule has 1 aromatic heterocycles. The minimum atomic E-state index is -2.18. The molecule has 18 heteroatoms. The second kappa shape index (κ2) is 22.7. The summed E-state index contributed by atoms with van der Waals surface area (Å²) in [5.41, 5.74) is 0.911. The van der Waals surface area contributed by atoms with E-state index < -0.39 is 83.3 Å². The van der Waals surface area contributed by atoms with Crippen LogP contribution >= 0.6 is 0 Å². The van der Waals surface area contributed by atoms with Gasteiger partial charge in [-0.2, -0.15) is 0 Å². The van der Waals surface area contributed by atoms with Crippen LogP contribution in [-0.2, 0) is 43.6 Å². The average Bonchev–Trinajstić information content (AvgIpc) is 2.74. The van der Waals surface area contributed by atoms with Gasteiger partial charge in [-0.05, 0) is 59.5 Å². The molecule has 6 aromatic rings. The van der Waals surface area contributed by atoms with Crippen molar-refractivity contribution in [2.45, 2.75) is 49.0 Å². The molecule has 5 aromatic carbocycles. The van der Waals surface area contributed by atoms with Gasteiger partial charge in [-0.25, -0.2) is 19.7 Å². The van der Waals surface area contributed by atoms with Crippen LogP contribution in [0.2, 0.25) is 0 Å². The van der Waals surface area contributed by atoms with Crippen molar-refractivity contribution < 1.29 is 52.8 Å². The van der Waals surface area contributed by atoms with E-state index in [1.165, 1.54) is 0 Å². The number of morpholine rings is 1. The molecule has 398 valence electrons. The zero-order chi connectivity index (χ0) is 54.5. The number of anilines is 2. The smallest absolute Gasteiger partial charge is 0.329 e. The van der Waals surface area contributed by atoms with E-state index in [0.29, 0.717) is 35.7 Å². The number of para-hydroxylation sites is 1. The summed E-state index contributed by atoms with van der Waals surface area (Å²) < 4.78 is 22.9. The van der Waals surface area contributed by atoms with Crippen molar-refractivity contribution in [3.05, 3.63) is 185 Å². The second-order valence-corrected chi connectivity index (χ2v) is 19.3. The molecule has 0 saturated carbocycles. The van der Waals surface area contributed by atoms with E-state index >= 15 is 19.2 Å². The van der Waals surface area contributed by atoms with E-state index in [2.05, 4.69) is 27.1 Å². The SMILES string of the molecule is COC(=O)C(CC#Cc1ccc2c(c1)C1(C(=O)N2C(=O)NC(C)c2ccccc2)C(C(=O)N2CCN(c3ncccn3)CC2)C2C(=O)OC(c3ccccc3)C(c3ccccc3)N2C1c1ccccc1OCCO)C(=O)OC. The molecule has 5 heterocycles. The van der Waals surface area contributed by atoms with E-state index in [4.69, 9.17) is 18.9 Å². The number of rotatable bonds is 13. The van der Waals surface area contributed by atoms with Crippen LogP contribution < -0.4 is 19.9 Å². The second-order valence-electron chi connectivity index (χ2n) is 19.3. The van der Waals surface area contributed by atoms with Gasteiger partial charge in [-0.3, -0.25) is 28.9 Å². The summed E-state index contributed by atoms with van der Waals surface area (Å²) in [6.07, 6.45) is 1.98.